The number of benzene rings is 2. The highest BCUT2D eigenvalue weighted by atomic mass is 79.9. The lowest BCUT2D eigenvalue weighted by Gasteiger charge is -2.22. The Morgan fingerprint density at radius 3 is 2.42 bits per heavy atom. The summed E-state index contributed by atoms with van der Waals surface area (Å²) in [5.74, 6) is 0. The summed E-state index contributed by atoms with van der Waals surface area (Å²) in [6, 6.07) is 15.9. The molecule has 19 heavy (non-hydrogen) atoms. The zero-order chi connectivity index (χ0) is 13.8. The van der Waals surface area contributed by atoms with E-state index in [1.54, 1.807) is 0 Å². The van der Waals surface area contributed by atoms with Gasteiger partial charge in [0.1, 0.15) is 0 Å². The van der Waals surface area contributed by atoms with Crippen LogP contribution in [0.1, 0.15) is 11.1 Å². The molecule has 2 aromatic carbocycles. The second-order valence-electron chi connectivity index (χ2n) is 4.12. The van der Waals surface area contributed by atoms with Crippen LogP contribution in [0.5, 0.6) is 0 Å². The molecule has 0 fully saturated rings. The maximum absolute atomic E-state index is 8.82. The molecule has 0 aromatic heterocycles. The van der Waals surface area contributed by atoms with Crippen molar-refractivity contribution in [2.24, 2.45) is 0 Å². The van der Waals surface area contributed by atoms with Crippen molar-refractivity contribution in [1.82, 2.24) is 0 Å². The Labute approximate surface area is 129 Å². The van der Waals surface area contributed by atoms with Gasteiger partial charge < -0.3 is 4.90 Å². The summed E-state index contributed by atoms with van der Waals surface area (Å²) in [5.41, 5.74) is 4.09. The van der Waals surface area contributed by atoms with Crippen LogP contribution in [0.2, 0.25) is 0 Å². The zero-order valence-electron chi connectivity index (χ0n) is 10.4. The Bertz CT molecular complexity index is 615. The zero-order valence-corrected chi connectivity index (χ0v) is 13.6. The van der Waals surface area contributed by atoms with Gasteiger partial charge in [0, 0.05) is 28.2 Å². The van der Waals surface area contributed by atoms with Gasteiger partial charge in [0.25, 0.3) is 0 Å². The summed E-state index contributed by atoms with van der Waals surface area (Å²) in [7, 11) is 2.02. The van der Waals surface area contributed by atoms with Crippen LogP contribution in [0.3, 0.4) is 0 Å². The highest BCUT2D eigenvalue weighted by Gasteiger charge is 2.09. The molecule has 0 N–H and O–H groups in total. The van der Waals surface area contributed by atoms with E-state index >= 15 is 0 Å². The van der Waals surface area contributed by atoms with Crippen molar-refractivity contribution in [2.75, 3.05) is 11.9 Å². The second-order valence-corrected chi connectivity index (χ2v) is 5.60. The van der Waals surface area contributed by atoms with Crippen molar-refractivity contribution in [3.05, 3.63) is 58.1 Å². The number of hydrogen-bond acceptors (Lipinski definition) is 2. The van der Waals surface area contributed by atoms with Crippen LogP contribution in [0.25, 0.3) is 0 Å². The molecule has 0 atom stereocenters. The summed E-state index contributed by atoms with van der Waals surface area (Å²) in [6.07, 6.45) is 0. The first-order chi connectivity index (χ1) is 9.15. The summed E-state index contributed by atoms with van der Waals surface area (Å²) < 4.78 is 1.07. The molecule has 2 rings (SSSR count). The fourth-order valence-corrected chi connectivity index (χ4v) is 2.74. The van der Waals surface area contributed by atoms with Gasteiger partial charge in [-0.05, 0) is 48.0 Å². The first kappa shape index (κ1) is 14.1. The molecule has 0 amide bonds. The van der Waals surface area contributed by atoms with Crippen LogP contribution in [0, 0.1) is 11.3 Å². The Hall–Kier alpha value is -1.31. The van der Waals surface area contributed by atoms with Crippen LogP contribution in [0.4, 0.5) is 11.4 Å². The number of alkyl halides is 1. The third-order valence-corrected chi connectivity index (χ3v) is 4.03. The second kappa shape index (κ2) is 6.23. The number of anilines is 2. The summed E-state index contributed by atoms with van der Waals surface area (Å²) in [4.78, 5) is 2.12. The van der Waals surface area contributed by atoms with E-state index in [-0.39, 0.29) is 0 Å². The molecule has 4 heteroatoms. The molecule has 0 radical (unpaired) electrons. The third kappa shape index (κ3) is 3.17. The van der Waals surface area contributed by atoms with E-state index in [2.05, 4.69) is 55.0 Å². The Morgan fingerprint density at radius 2 is 1.84 bits per heavy atom. The quantitative estimate of drug-likeness (QED) is 0.703. The average molecular weight is 380 g/mol. The molecule has 2 nitrogen and oxygen atoms in total. The molecule has 0 aliphatic heterocycles. The first-order valence-electron chi connectivity index (χ1n) is 5.74. The lowest BCUT2D eigenvalue weighted by atomic mass is 10.1. The standard InChI is InChI=1S/C15H12Br2N2/c1-19(14-5-2-11(10-18)3-6-14)15-7-4-13(17)8-12(15)9-16/h2-8H,9H2,1H3. The lowest BCUT2D eigenvalue weighted by Crippen LogP contribution is -2.11. The van der Waals surface area contributed by atoms with Gasteiger partial charge in [-0.2, -0.15) is 5.26 Å². The summed E-state index contributed by atoms with van der Waals surface area (Å²) in [6.45, 7) is 0. The van der Waals surface area contributed by atoms with Crippen molar-refractivity contribution in [3.63, 3.8) is 0 Å². The molecule has 0 aliphatic carbocycles. The molecule has 0 spiro atoms. The molecule has 0 saturated carbocycles. The Morgan fingerprint density at radius 1 is 1.16 bits per heavy atom. The summed E-state index contributed by atoms with van der Waals surface area (Å²) >= 11 is 7.00. The molecule has 0 saturated heterocycles. The van der Waals surface area contributed by atoms with Crippen LogP contribution in [-0.4, -0.2) is 7.05 Å². The molecule has 0 unspecified atom stereocenters. The monoisotopic (exact) mass is 378 g/mol. The number of nitrogens with zero attached hydrogens (tertiary/aromatic N) is 2. The predicted octanol–water partition coefficient (Wildman–Crippen LogP) is 4.98. The van der Waals surface area contributed by atoms with Gasteiger partial charge in [0.2, 0.25) is 0 Å². The maximum atomic E-state index is 8.82. The van der Waals surface area contributed by atoms with E-state index in [0.717, 1.165) is 21.2 Å². The van der Waals surface area contributed by atoms with E-state index in [1.165, 1.54) is 5.56 Å². The average Bonchev–Trinajstić information content (AvgIpc) is 2.46. The van der Waals surface area contributed by atoms with Crippen LogP contribution < -0.4 is 4.90 Å². The van der Waals surface area contributed by atoms with E-state index in [1.807, 2.05) is 37.4 Å². The Kier molecular flexibility index (Phi) is 4.62. The van der Waals surface area contributed by atoms with Crippen molar-refractivity contribution in [2.45, 2.75) is 5.33 Å². The molecular formula is C15H12Br2N2. The molecular weight excluding hydrogens is 368 g/mol. The number of nitriles is 1. The minimum atomic E-state index is 0.675. The van der Waals surface area contributed by atoms with E-state index in [9.17, 15) is 0 Å². The van der Waals surface area contributed by atoms with Gasteiger partial charge in [-0.3, -0.25) is 0 Å². The Balaban J connectivity index is 2.38. The lowest BCUT2D eigenvalue weighted by molar-refractivity contribution is 1.18. The van der Waals surface area contributed by atoms with Gasteiger partial charge in [0.05, 0.1) is 11.6 Å². The first-order valence-corrected chi connectivity index (χ1v) is 7.65. The highest BCUT2D eigenvalue weighted by molar-refractivity contribution is 9.10. The van der Waals surface area contributed by atoms with Crippen LogP contribution in [0.15, 0.2) is 46.9 Å². The number of halogens is 2. The van der Waals surface area contributed by atoms with Crippen molar-refractivity contribution in [1.29, 1.82) is 5.26 Å². The van der Waals surface area contributed by atoms with Gasteiger partial charge >= 0.3 is 0 Å². The minimum Gasteiger partial charge on any atom is -0.344 e. The normalized spacial score (nSPS) is 10.0. The van der Waals surface area contributed by atoms with Crippen molar-refractivity contribution in [3.8, 4) is 6.07 Å². The highest BCUT2D eigenvalue weighted by Crippen LogP contribution is 2.30. The van der Waals surface area contributed by atoms with Gasteiger partial charge in [0.15, 0.2) is 0 Å². The fraction of sp³-hybridized carbons (Fsp3) is 0.133. The van der Waals surface area contributed by atoms with Crippen molar-refractivity contribution >= 4 is 43.2 Å². The number of rotatable bonds is 3. The van der Waals surface area contributed by atoms with E-state index in [4.69, 9.17) is 5.26 Å². The third-order valence-electron chi connectivity index (χ3n) is 2.93. The topological polar surface area (TPSA) is 27.0 Å². The van der Waals surface area contributed by atoms with E-state index < -0.39 is 0 Å². The molecule has 0 bridgehead atoms. The molecule has 2 aromatic rings. The molecule has 0 aliphatic rings. The van der Waals surface area contributed by atoms with Gasteiger partial charge in [-0.15, -0.1) is 0 Å². The fourth-order valence-electron chi connectivity index (χ4n) is 1.89. The van der Waals surface area contributed by atoms with Gasteiger partial charge in [-0.1, -0.05) is 31.9 Å². The van der Waals surface area contributed by atoms with Crippen LogP contribution in [-0.2, 0) is 5.33 Å². The summed E-state index contributed by atoms with van der Waals surface area (Å²) in [5, 5.41) is 9.62. The molecule has 0 heterocycles. The SMILES string of the molecule is CN(c1ccc(C#N)cc1)c1ccc(Br)cc1CBr. The minimum absolute atomic E-state index is 0.675. The van der Waals surface area contributed by atoms with Gasteiger partial charge in [-0.25, -0.2) is 0 Å². The maximum Gasteiger partial charge on any atom is 0.0991 e. The largest absolute Gasteiger partial charge is 0.344 e. The predicted molar refractivity (Wildman–Crippen MR) is 86.0 cm³/mol. The van der Waals surface area contributed by atoms with Crippen molar-refractivity contribution < 1.29 is 0 Å². The molecule has 96 valence electrons. The van der Waals surface area contributed by atoms with Crippen LogP contribution >= 0.6 is 31.9 Å². The number of hydrogen-bond donors (Lipinski definition) is 0. The smallest absolute Gasteiger partial charge is 0.0991 e. The van der Waals surface area contributed by atoms with E-state index in [0.29, 0.717) is 5.56 Å².